The molecule has 0 aliphatic carbocycles. The van der Waals surface area contributed by atoms with E-state index in [1.54, 1.807) is 12.7 Å². The number of hydrogen-bond donors (Lipinski definition) is 0. The molecule has 62 valence electrons. The Morgan fingerprint density at radius 2 is 2.17 bits per heavy atom. The fourth-order valence-corrected chi connectivity index (χ4v) is 1.31. The first kappa shape index (κ1) is 7.21. The number of imidazole rings is 1. The highest BCUT2D eigenvalue weighted by molar-refractivity contribution is 5.72. The zero-order chi connectivity index (χ0) is 8.55. The molecule has 4 nitrogen and oxygen atoms in total. The Balaban J connectivity index is 2.83. The van der Waals surface area contributed by atoms with Gasteiger partial charge >= 0.3 is 0 Å². The largest absolute Gasteiger partial charge is 0.328 e. The fraction of sp³-hybridized carbons (Fsp3) is 0.375. The van der Waals surface area contributed by atoms with Crippen molar-refractivity contribution in [3.63, 3.8) is 0 Å². The molecular weight excluding hydrogens is 152 g/mol. The van der Waals surface area contributed by atoms with Crippen LogP contribution in [0.2, 0.25) is 0 Å². The molecule has 0 radical (unpaired) electrons. The van der Waals surface area contributed by atoms with Crippen molar-refractivity contribution in [2.75, 3.05) is 0 Å². The van der Waals surface area contributed by atoms with Crippen LogP contribution in [0.3, 0.4) is 0 Å². The molecule has 12 heavy (non-hydrogen) atoms. The zero-order valence-electron chi connectivity index (χ0n) is 7.15. The summed E-state index contributed by atoms with van der Waals surface area (Å²) in [5, 5.41) is 0. The summed E-state index contributed by atoms with van der Waals surface area (Å²) in [7, 11) is 0. The van der Waals surface area contributed by atoms with Crippen LogP contribution in [0.4, 0.5) is 0 Å². The topological polar surface area (TPSA) is 43.6 Å². The summed E-state index contributed by atoms with van der Waals surface area (Å²) >= 11 is 0. The van der Waals surface area contributed by atoms with Crippen LogP contribution in [0, 0.1) is 6.92 Å². The predicted octanol–water partition coefficient (Wildman–Crippen LogP) is 1.15. The van der Waals surface area contributed by atoms with E-state index in [-0.39, 0.29) is 0 Å². The summed E-state index contributed by atoms with van der Waals surface area (Å²) in [4.78, 5) is 12.3. The number of aryl methyl sites for hydroxylation is 2. The van der Waals surface area contributed by atoms with Gasteiger partial charge in [0.1, 0.15) is 11.8 Å². The molecule has 4 heteroatoms. The van der Waals surface area contributed by atoms with E-state index in [1.165, 1.54) is 0 Å². The van der Waals surface area contributed by atoms with E-state index < -0.39 is 0 Å². The van der Waals surface area contributed by atoms with Gasteiger partial charge in [-0.1, -0.05) is 0 Å². The van der Waals surface area contributed by atoms with E-state index in [1.807, 2.05) is 11.5 Å². The average molecular weight is 162 g/mol. The monoisotopic (exact) mass is 162 g/mol. The summed E-state index contributed by atoms with van der Waals surface area (Å²) in [6.07, 6.45) is 3.34. The van der Waals surface area contributed by atoms with Crippen molar-refractivity contribution < 1.29 is 0 Å². The summed E-state index contributed by atoms with van der Waals surface area (Å²) in [5.41, 5.74) is 2.81. The molecule has 0 amide bonds. The van der Waals surface area contributed by atoms with Crippen LogP contribution in [-0.4, -0.2) is 19.5 Å². The van der Waals surface area contributed by atoms with Crippen molar-refractivity contribution in [1.29, 1.82) is 0 Å². The molecule has 0 unspecified atom stereocenters. The maximum absolute atomic E-state index is 4.16. The second-order valence-electron chi connectivity index (χ2n) is 2.66. The third kappa shape index (κ3) is 0.879. The molecule has 0 aromatic carbocycles. The summed E-state index contributed by atoms with van der Waals surface area (Å²) < 4.78 is 2.05. The van der Waals surface area contributed by atoms with Gasteiger partial charge in [0.05, 0.1) is 12.0 Å². The lowest BCUT2D eigenvalue weighted by molar-refractivity contribution is 0.782. The lowest BCUT2D eigenvalue weighted by Crippen LogP contribution is -1.95. The Bertz CT molecular complexity index is 404. The normalized spacial score (nSPS) is 10.8. The number of rotatable bonds is 1. The second-order valence-corrected chi connectivity index (χ2v) is 2.66. The van der Waals surface area contributed by atoms with Crippen LogP contribution >= 0.6 is 0 Å². The highest BCUT2D eigenvalue weighted by Gasteiger charge is 2.04. The van der Waals surface area contributed by atoms with E-state index in [0.717, 1.165) is 23.4 Å². The number of nitrogens with zero attached hydrogens (tertiary/aromatic N) is 4. The first-order chi connectivity index (χ1) is 5.83. The smallest absolute Gasteiger partial charge is 0.180 e. The van der Waals surface area contributed by atoms with Crippen molar-refractivity contribution in [2.24, 2.45) is 0 Å². The molecule has 2 heterocycles. The molecule has 0 aliphatic heterocycles. The van der Waals surface area contributed by atoms with Crippen LogP contribution in [0.1, 0.15) is 12.6 Å². The maximum Gasteiger partial charge on any atom is 0.180 e. The Kier molecular flexibility index (Phi) is 1.53. The van der Waals surface area contributed by atoms with Crippen LogP contribution in [0.5, 0.6) is 0 Å². The minimum atomic E-state index is 0.782. The van der Waals surface area contributed by atoms with Gasteiger partial charge in [-0.2, -0.15) is 0 Å². The molecule has 0 fully saturated rings. The first-order valence-electron chi connectivity index (χ1n) is 3.95. The molecule has 2 aromatic heterocycles. The summed E-state index contributed by atoms with van der Waals surface area (Å²) in [5.74, 6) is 0. The molecule has 0 saturated heterocycles. The molecular formula is C8H10N4. The minimum Gasteiger partial charge on any atom is -0.328 e. The van der Waals surface area contributed by atoms with Crippen molar-refractivity contribution >= 4 is 11.2 Å². The highest BCUT2D eigenvalue weighted by Crippen LogP contribution is 2.11. The SMILES string of the molecule is CCn1cnc2ncnc(C)c21. The molecule has 0 atom stereocenters. The summed E-state index contributed by atoms with van der Waals surface area (Å²) in [6.45, 7) is 4.95. The van der Waals surface area contributed by atoms with Crippen LogP contribution in [0.25, 0.3) is 11.2 Å². The van der Waals surface area contributed by atoms with Crippen LogP contribution in [-0.2, 0) is 6.54 Å². The highest BCUT2D eigenvalue weighted by atomic mass is 15.1. The van der Waals surface area contributed by atoms with Crippen LogP contribution < -0.4 is 0 Å². The third-order valence-corrected chi connectivity index (χ3v) is 1.93. The van der Waals surface area contributed by atoms with E-state index in [4.69, 9.17) is 0 Å². The van der Waals surface area contributed by atoms with Gasteiger partial charge < -0.3 is 4.57 Å². The average Bonchev–Trinajstić information content (AvgIpc) is 2.49. The van der Waals surface area contributed by atoms with E-state index >= 15 is 0 Å². The van der Waals surface area contributed by atoms with Crippen molar-refractivity contribution in [1.82, 2.24) is 19.5 Å². The molecule has 2 aromatic rings. The van der Waals surface area contributed by atoms with Crippen molar-refractivity contribution in [3.8, 4) is 0 Å². The Morgan fingerprint density at radius 3 is 2.92 bits per heavy atom. The number of aromatic nitrogens is 4. The van der Waals surface area contributed by atoms with Gasteiger partial charge in [-0.3, -0.25) is 0 Å². The van der Waals surface area contributed by atoms with Crippen molar-refractivity contribution in [2.45, 2.75) is 20.4 Å². The molecule has 2 rings (SSSR count). The Labute approximate surface area is 70.3 Å². The van der Waals surface area contributed by atoms with Gasteiger partial charge in [0.15, 0.2) is 5.65 Å². The Hall–Kier alpha value is -1.45. The molecule has 0 aliphatic rings. The van der Waals surface area contributed by atoms with Crippen LogP contribution in [0.15, 0.2) is 12.7 Å². The fourth-order valence-electron chi connectivity index (χ4n) is 1.31. The standard InChI is InChI=1S/C8H10N4/c1-3-12-5-11-8-7(12)6(2)9-4-10-8/h4-5H,3H2,1-2H3. The van der Waals surface area contributed by atoms with E-state index in [9.17, 15) is 0 Å². The van der Waals surface area contributed by atoms with Gasteiger partial charge in [0.25, 0.3) is 0 Å². The predicted molar refractivity (Wildman–Crippen MR) is 45.7 cm³/mol. The van der Waals surface area contributed by atoms with Gasteiger partial charge in [-0.15, -0.1) is 0 Å². The molecule has 0 N–H and O–H groups in total. The molecule has 0 spiro atoms. The lowest BCUT2D eigenvalue weighted by Gasteiger charge is -1.99. The summed E-state index contributed by atoms with van der Waals surface area (Å²) in [6, 6.07) is 0. The quantitative estimate of drug-likeness (QED) is 0.631. The van der Waals surface area contributed by atoms with Crippen molar-refractivity contribution in [3.05, 3.63) is 18.3 Å². The zero-order valence-corrected chi connectivity index (χ0v) is 7.15. The molecule has 0 bridgehead atoms. The molecule has 0 saturated carbocycles. The van der Waals surface area contributed by atoms with Gasteiger partial charge in [-0.05, 0) is 13.8 Å². The first-order valence-corrected chi connectivity index (χ1v) is 3.95. The van der Waals surface area contributed by atoms with Gasteiger partial charge in [-0.25, -0.2) is 15.0 Å². The van der Waals surface area contributed by atoms with Gasteiger partial charge in [0.2, 0.25) is 0 Å². The maximum atomic E-state index is 4.16. The minimum absolute atomic E-state index is 0.782. The number of fused-ring (bicyclic) bond motifs is 1. The van der Waals surface area contributed by atoms with E-state index in [0.29, 0.717) is 0 Å². The van der Waals surface area contributed by atoms with Gasteiger partial charge in [0, 0.05) is 6.54 Å². The van der Waals surface area contributed by atoms with E-state index in [2.05, 4.69) is 21.9 Å². The third-order valence-electron chi connectivity index (χ3n) is 1.93. The lowest BCUT2D eigenvalue weighted by atomic mass is 10.4. The Morgan fingerprint density at radius 1 is 1.33 bits per heavy atom. The second kappa shape index (κ2) is 2.55. The number of hydrogen-bond acceptors (Lipinski definition) is 3.